The zero-order valence-corrected chi connectivity index (χ0v) is 11.6. The Labute approximate surface area is 115 Å². The van der Waals surface area contributed by atoms with Gasteiger partial charge in [0, 0.05) is 6.04 Å². The quantitative estimate of drug-likeness (QED) is 0.851. The van der Waals surface area contributed by atoms with Gasteiger partial charge in [0.2, 0.25) is 0 Å². The number of benzene rings is 2. The maximum absolute atomic E-state index is 5.17. The molecule has 0 aliphatic carbocycles. The van der Waals surface area contributed by atoms with Crippen molar-refractivity contribution in [3.8, 4) is 5.75 Å². The SMILES string of the molecule is CNC(CCc1ccc(OC)cc1)c1ccccc1. The Bertz CT molecular complexity index is 478. The van der Waals surface area contributed by atoms with E-state index in [9.17, 15) is 0 Å². The second-order valence-electron chi connectivity index (χ2n) is 4.64. The zero-order valence-electron chi connectivity index (χ0n) is 11.6. The van der Waals surface area contributed by atoms with Gasteiger partial charge in [0.15, 0.2) is 0 Å². The van der Waals surface area contributed by atoms with E-state index in [1.807, 2.05) is 19.2 Å². The molecule has 2 heteroatoms. The van der Waals surface area contributed by atoms with E-state index >= 15 is 0 Å². The molecule has 1 N–H and O–H groups in total. The highest BCUT2D eigenvalue weighted by molar-refractivity contribution is 5.27. The predicted molar refractivity (Wildman–Crippen MR) is 79.6 cm³/mol. The van der Waals surface area contributed by atoms with Crippen molar-refractivity contribution in [2.45, 2.75) is 18.9 Å². The minimum absolute atomic E-state index is 0.406. The molecule has 0 saturated carbocycles. The first kappa shape index (κ1) is 13.6. The maximum Gasteiger partial charge on any atom is 0.118 e. The molecule has 2 rings (SSSR count). The molecular formula is C17H21NO. The first-order valence-electron chi connectivity index (χ1n) is 6.68. The highest BCUT2D eigenvalue weighted by Crippen LogP contribution is 2.19. The summed E-state index contributed by atoms with van der Waals surface area (Å²) in [6.45, 7) is 0. The Morgan fingerprint density at radius 3 is 2.26 bits per heavy atom. The van der Waals surface area contributed by atoms with Gasteiger partial charge in [0.05, 0.1) is 7.11 Å². The van der Waals surface area contributed by atoms with E-state index in [1.165, 1.54) is 11.1 Å². The molecule has 19 heavy (non-hydrogen) atoms. The summed E-state index contributed by atoms with van der Waals surface area (Å²) in [5, 5.41) is 3.39. The van der Waals surface area contributed by atoms with E-state index in [2.05, 4.69) is 47.8 Å². The van der Waals surface area contributed by atoms with Crippen molar-refractivity contribution in [2.75, 3.05) is 14.2 Å². The van der Waals surface area contributed by atoms with Gasteiger partial charge in [-0.05, 0) is 43.1 Å². The molecule has 0 aliphatic heterocycles. The van der Waals surface area contributed by atoms with Crippen molar-refractivity contribution < 1.29 is 4.74 Å². The second kappa shape index (κ2) is 6.95. The lowest BCUT2D eigenvalue weighted by atomic mass is 9.99. The van der Waals surface area contributed by atoms with Gasteiger partial charge in [0.25, 0.3) is 0 Å². The number of nitrogens with one attached hydrogen (secondary N) is 1. The second-order valence-corrected chi connectivity index (χ2v) is 4.64. The van der Waals surface area contributed by atoms with Gasteiger partial charge in [-0.1, -0.05) is 42.5 Å². The minimum Gasteiger partial charge on any atom is -0.497 e. The smallest absolute Gasteiger partial charge is 0.118 e. The fraction of sp³-hybridized carbons (Fsp3) is 0.294. The summed E-state index contributed by atoms with van der Waals surface area (Å²) in [5.41, 5.74) is 2.69. The number of methoxy groups -OCH3 is 1. The van der Waals surface area contributed by atoms with Crippen LogP contribution in [0.1, 0.15) is 23.6 Å². The monoisotopic (exact) mass is 255 g/mol. The number of aryl methyl sites for hydroxylation is 1. The van der Waals surface area contributed by atoms with Gasteiger partial charge in [0.1, 0.15) is 5.75 Å². The number of ether oxygens (including phenoxy) is 1. The highest BCUT2D eigenvalue weighted by atomic mass is 16.5. The maximum atomic E-state index is 5.17. The number of hydrogen-bond donors (Lipinski definition) is 1. The van der Waals surface area contributed by atoms with Crippen molar-refractivity contribution in [1.82, 2.24) is 5.32 Å². The largest absolute Gasteiger partial charge is 0.497 e. The molecule has 2 aromatic carbocycles. The molecule has 0 aromatic heterocycles. The molecule has 0 radical (unpaired) electrons. The van der Waals surface area contributed by atoms with E-state index < -0.39 is 0 Å². The van der Waals surface area contributed by atoms with Crippen molar-refractivity contribution in [1.29, 1.82) is 0 Å². The molecule has 0 amide bonds. The lowest BCUT2D eigenvalue weighted by Crippen LogP contribution is -2.16. The van der Waals surface area contributed by atoms with E-state index in [1.54, 1.807) is 7.11 Å². The Balaban J connectivity index is 1.96. The van der Waals surface area contributed by atoms with Crippen LogP contribution in [0, 0.1) is 0 Å². The third-order valence-corrected chi connectivity index (χ3v) is 3.43. The Morgan fingerprint density at radius 2 is 1.68 bits per heavy atom. The van der Waals surface area contributed by atoms with Crippen molar-refractivity contribution in [3.05, 3.63) is 65.7 Å². The first-order chi connectivity index (χ1) is 9.33. The average Bonchev–Trinajstić information content (AvgIpc) is 2.49. The summed E-state index contributed by atoms with van der Waals surface area (Å²) < 4.78 is 5.17. The lowest BCUT2D eigenvalue weighted by Gasteiger charge is -2.16. The van der Waals surface area contributed by atoms with Crippen molar-refractivity contribution in [3.63, 3.8) is 0 Å². The van der Waals surface area contributed by atoms with Gasteiger partial charge in [-0.15, -0.1) is 0 Å². The third kappa shape index (κ3) is 3.83. The van der Waals surface area contributed by atoms with E-state index in [0.29, 0.717) is 6.04 Å². The van der Waals surface area contributed by atoms with Crippen LogP contribution in [0.25, 0.3) is 0 Å². The molecule has 2 nitrogen and oxygen atoms in total. The Morgan fingerprint density at radius 1 is 1.00 bits per heavy atom. The van der Waals surface area contributed by atoms with E-state index in [0.717, 1.165) is 18.6 Å². The van der Waals surface area contributed by atoms with Crippen LogP contribution in [-0.4, -0.2) is 14.2 Å². The van der Waals surface area contributed by atoms with E-state index in [4.69, 9.17) is 4.74 Å². The van der Waals surface area contributed by atoms with Gasteiger partial charge in [-0.25, -0.2) is 0 Å². The van der Waals surface area contributed by atoms with Crippen LogP contribution >= 0.6 is 0 Å². The lowest BCUT2D eigenvalue weighted by molar-refractivity contribution is 0.414. The molecule has 2 aromatic rings. The molecule has 0 spiro atoms. The summed E-state index contributed by atoms with van der Waals surface area (Å²) in [5.74, 6) is 0.914. The minimum atomic E-state index is 0.406. The Hall–Kier alpha value is -1.80. The average molecular weight is 255 g/mol. The van der Waals surface area contributed by atoms with Gasteiger partial charge >= 0.3 is 0 Å². The molecule has 1 atom stereocenters. The number of hydrogen-bond acceptors (Lipinski definition) is 2. The van der Waals surface area contributed by atoms with Crippen LogP contribution in [0.5, 0.6) is 5.75 Å². The van der Waals surface area contributed by atoms with Crippen LogP contribution in [0.2, 0.25) is 0 Å². The third-order valence-electron chi connectivity index (χ3n) is 3.43. The predicted octanol–water partition coefficient (Wildman–Crippen LogP) is 3.59. The fourth-order valence-electron chi connectivity index (χ4n) is 2.27. The first-order valence-corrected chi connectivity index (χ1v) is 6.68. The fourth-order valence-corrected chi connectivity index (χ4v) is 2.27. The molecule has 0 aliphatic rings. The number of rotatable bonds is 6. The Kier molecular flexibility index (Phi) is 4.99. The normalized spacial score (nSPS) is 12.1. The molecule has 0 fully saturated rings. The summed E-state index contributed by atoms with van der Waals surface area (Å²) in [7, 11) is 3.72. The van der Waals surface area contributed by atoms with Crippen LogP contribution in [0.15, 0.2) is 54.6 Å². The topological polar surface area (TPSA) is 21.3 Å². The molecule has 100 valence electrons. The van der Waals surface area contributed by atoms with Crippen LogP contribution in [-0.2, 0) is 6.42 Å². The van der Waals surface area contributed by atoms with Gasteiger partial charge < -0.3 is 10.1 Å². The summed E-state index contributed by atoms with van der Waals surface area (Å²) in [6, 6.07) is 19.3. The van der Waals surface area contributed by atoms with Crippen molar-refractivity contribution >= 4 is 0 Å². The van der Waals surface area contributed by atoms with Crippen LogP contribution in [0.3, 0.4) is 0 Å². The van der Waals surface area contributed by atoms with Gasteiger partial charge in [-0.2, -0.15) is 0 Å². The van der Waals surface area contributed by atoms with E-state index in [-0.39, 0.29) is 0 Å². The standard InChI is InChI=1S/C17H21NO/c1-18-17(15-6-4-3-5-7-15)13-10-14-8-11-16(19-2)12-9-14/h3-9,11-12,17-18H,10,13H2,1-2H3. The van der Waals surface area contributed by atoms with Gasteiger partial charge in [-0.3, -0.25) is 0 Å². The van der Waals surface area contributed by atoms with Crippen LogP contribution < -0.4 is 10.1 Å². The summed E-state index contributed by atoms with van der Waals surface area (Å²) >= 11 is 0. The molecule has 0 bridgehead atoms. The molecule has 0 heterocycles. The summed E-state index contributed by atoms with van der Waals surface area (Å²) in [4.78, 5) is 0. The molecular weight excluding hydrogens is 234 g/mol. The highest BCUT2D eigenvalue weighted by Gasteiger charge is 2.08. The zero-order chi connectivity index (χ0) is 13.5. The van der Waals surface area contributed by atoms with Crippen molar-refractivity contribution in [2.24, 2.45) is 0 Å². The molecule has 1 unspecified atom stereocenters. The van der Waals surface area contributed by atoms with Crippen LogP contribution in [0.4, 0.5) is 0 Å². The summed E-state index contributed by atoms with van der Waals surface area (Å²) in [6.07, 6.45) is 2.15. The molecule has 0 saturated heterocycles.